The van der Waals surface area contributed by atoms with Gasteiger partial charge in [0.2, 0.25) is 0 Å². The van der Waals surface area contributed by atoms with Crippen molar-refractivity contribution in [2.45, 2.75) is 77.7 Å². The summed E-state index contributed by atoms with van der Waals surface area (Å²) in [6.07, 6.45) is 10.1. The monoisotopic (exact) mass is 290 g/mol. The molecule has 0 saturated heterocycles. The van der Waals surface area contributed by atoms with E-state index in [1.165, 1.54) is 25.7 Å². The van der Waals surface area contributed by atoms with E-state index in [1.54, 1.807) is 0 Å². The number of aliphatic hydroxyl groups excluding tert-OH is 1. The van der Waals surface area contributed by atoms with E-state index < -0.39 is 0 Å². The lowest BCUT2D eigenvalue weighted by atomic mass is 9.45. The number of hydrogen-bond acceptors (Lipinski definition) is 2. The van der Waals surface area contributed by atoms with Gasteiger partial charge in [-0.3, -0.25) is 4.79 Å². The second-order valence-corrected chi connectivity index (χ2v) is 9.00. The molecule has 0 spiro atoms. The summed E-state index contributed by atoms with van der Waals surface area (Å²) < 4.78 is 0. The van der Waals surface area contributed by atoms with Crippen molar-refractivity contribution in [1.29, 1.82) is 0 Å². The molecular formula is C19H30O2. The van der Waals surface area contributed by atoms with E-state index in [4.69, 9.17) is 0 Å². The van der Waals surface area contributed by atoms with Gasteiger partial charge in [-0.1, -0.05) is 13.8 Å². The molecule has 4 rings (SSSR count). The zero-order valence-electron chi connectivity index (χ0n) is 13.6. The summed E-state index contributed by atoms with van der Waals surface area (Å²) in [6, 6.07) is 0. The molecule has 21 heavy (non-hydrogen) atoms. The SMILES string of the molecule is C[C@]12CC[C@H](O)C[C@@H]1CC[C@@H]1[C@H]2CC[C@@]2(C)C(=O)CC[C@@H]12. The fourth-order valence-corrected chi connectivity index (χ4v) is 7.01. The van der Waals surface area contributed by atoms with E-state index in [0.29, 0.717) is 17.1 Å². The van der Waals surface area contributed by atoms with Crippen LogP contribution in [0.1, 0.15) is 71.6 Å². The van der Waals surface area contributed by atoms with E-state index in [9.17, 15) is 9.90 Å². The smallest absolute Gasteiger partial charge is 0.139 e. The molecule has 0 unspecified atom stereocenters. The van der Waals surface area contributed by atoms with Gasteiger partial charge in [0, 0.05) is 11.8 Å². The van der Waals surface area contributed by atoms with Crippen molar-refractivity contribution in [2.75, 3.05) is 0 Å². The third-order valence-electron chi connectivity index (χ3n) is 8.35. The van der Waals surface area contributed by atoms with Crippen molar-refractivity contribution >= 4 is 5.78 Å². The predicted octanol–water partition coefficient (Wildman–Crippen LogP) is 3.96. The Kier molecular flexibility index (Phi) is 3.10. The number of Topliss-reactive ketones (excluding diaryl/α,β-unsaturated/α-hetero) is 1. The Bertz CT molecular complexity index is 458. The van der Waals surface area contributed by atoms with Gasteiger partial charge in [-0.15, -0.1) is 0 Å². The van der Waals surface area contributed by atoms with Crippen LogP contribution < -0.4 is 0 Å². The molecule has 0 aliphatic heterocycles. The number of fused-ring (bicyclic) bond motifs is 5. The van der Waals surface area contributed by atoms with Gasteiger partial charge >= 0.3 is 0 Å². The Balaban J connectivity index is 1.64. The highest BCUT2D eigenvalue weighted by Crippen LogP contribution is 2.65. The minimum Gasteiger partial charge on any atom is -0.393 e. The van der Waals surface area contributed by atoms with E-state index in [1.807, 2.05) is 0 Å². The van der Waals surface area contributed by atoms with Crippen LogP contribution in [0.2, 0.25) is 0 Å². The highest BCUT2D eigenvalue weighted by atomic mass is 16.3. The molecule has 0 aromatic heterocycles. The first kappa shape index (κ1) is 14.2. The number of carbonyl (C=O) groups is 1. The van der Waals surface area contributed by atoms with Gasteiger partial charge in [-0.2, -0.15) is 0 Å². The van der Waals surface area contributed by atoms with Gasteiger partial charge in [0.05, 0.1) is 6.10 Å². The molecule has 0 bridgehead atoms. The number of ketones is 1. The molecule has 0 radical (unpaired) electrons. The zero-order valence-corrected chi connectivity index (χ0v) is 13.6. The van der Waals surface area contributed by atoms with Crippen molar-refractivity contribution in [3.8, 4) is 0 Å². The normalized spacial score (nSPS) is 56.5. The molecule has 4 saturated carbocycles. The maximum atomic E-state index is 12.4. The first-order valence-electron chi connectivity index (χ1n) is 9.16. The van der Waals surface area contributed by atoms with Crippen LogP contribution in [0.5, 0.6) is 0 Å². The van der Waals surface area contributed by atoms with Crippen LogP contribution in [-0.4, -0.2) is 17.0 Å². The molecule has 118 valence electrons. The highest BCUT2D eigenvalue weighted by molar-refractivity contribution is 5.87. The Labute approximate surface area is 128 Å². The van der Waals surface area contributed by atoms with Crippen LogP contribution in [-0.2, 0) is 4.79 Å². The molecule has 7 atom stereocenters. The number of carbonyl (C=O) groups excluding carboxylic acids is 1. The number of hydrogen-bond donors (Lipinski definition) is 1. The van der Waals surface area contributed by atoms with Crippen molar-refractivity contribution in [3.63, 3.8) is 0 Å². The van der Waals surface area contributed by atoms with E-state index >= 15 is 0 Å². The molecule has 0 amide bonds. The summed E-state index contributed by atoms with van der Waals surface area (Å²) in [7, 11) is 0. The van der Waals surface area contributed by atoms with Crippen LogP contribution in [0.15, 0.2) is 0 Å². The maximum Gasteiger partial charge on any atom is 0.139 e. The van der Waals surface area contributed by atoms with Crippen LogP contribution in [0.25, 0.3) is 0 Å². The second-order valence-electron chi connectivity index (χ2n) is 9.00. The van der Waals surface area contributed by atoms with Gasteiger partial charge < -0.3 is 5.11 Å². The van der Waals surface area contributed by atoms with Crippen LogP contribution in [0, 0.1) is 34.5 Å². The quantitative estimate of drug-likeness (QED) is 0.733. The molecule has 0 aromatic rings. The number of rotatable bonds is 0. The summed E-state index contributed by atoms with van der Waals surface area (Å²) in [5.41, 5.74) is 0.452. The average molecular weight is 290 g/mol. The lowest BCUT2D eigenvalue weighted by molar-refractivity contribution is -0.142. The Morgan fingerprint density at radius 3 is 2.62 bits per heavy atom. The standard InChI is InChI=1S/C19H30O2/c1-18-9-7-13(20)11-12(18)3-4-14-15-5-6-17(21)19(15,2)10-8-16(14)18/h12-16,20H,3-11H2,1-2H3/t12-,13-,14-,15-,16+,18-,19+/m0/s1. The van der Waals surface area contributed by atoms with Crippen LogP contribution >= 0.6 is 0 Å². The molecule has 4 fully saturated rings. The molecule has 1 N–H and O–H groups in total. The van der Waals surface area contributed by atoms with Crippen molar-refractivity contribution in [2.24, 2.45) is 34.5 Å². The highest BCUT2D eigenvalue weighted by Gasteiger charge is 2.60. The van der Waals surface area contributed by atoms with Gasteiger partial charge in [0.15, 0.2) is 0 Å². The molecule has 0 aromatic carbocycles. The van der Waals surface area contributed by atoms with Gasteiger partial charge in [0.1, 0.15) is 5.78 Å². The van der Waals surface area contributed by atoms with Crippen LogP contribution in [0.3, 0.4) is 0 Å². The molecule has 0 heterocycles. The minimum atomic E-state index is -0.0541. The van der Waals surface area contributed by atoms with Gasteiger partial charge in [0.25, 0.3) is 0 Å². The minimum absolute atomic E-state index is 0.0124. The van der Waals surface area contributed by atoms with Crippen molar-refractivity contribution < 1.29 is 9.90 Å². The summed E-state index contributed by atoms with van der Waals surface area (Å²) >= 11 is 0. The van der Waals surface area contributed by atoms with Gasteiger partial charge in [-0.25, -0.2) is 0 Å². The van der Waals surface area contributed by atoms with E-state index in [-0.39, 0.29) is 11.5 Å². The molecule has 2 nitrogen and oxygen atoms in total. The average Bonchev–Trinajstić information content (AvgIpc) is 2.76. The van der Waals surface area contributed by atoms with E-state index in [2.05, 4.69) is 13.8 Å². The van der Waals surface area contributed by atoms with Crippen molar-refractivity contribution in [3.05, 3.63) is 0 Å². The first-order chi connectivity index (χ1) is 9.95. The summed E-state index contributed by atoms with van der Waals surface area (Å²) in [4.78, 5) is 12.4. The third kappa shape index (κ3) is 1.84. The lowest BCUT2D eigenvalue weighted by Crippen LogP contribution is -2.54. The zero-order chi connectivity index (χ0) is 14.8. The summed E-state index contributed by atoms with van der Waals surface area (Å²) in [6.45, 7) is 4.78. The maximum absolute atomic E-state index is 12.4. The first-order valence-corrected chi connectivity index (χ1v) is 9.16. The van der Waals surface area contributed by atoms with Gasteiger partial charge in [-0.05, 0) is 80.5 Å². The summed E-state index contributed by atoms with van der Waals surface area (Å²) in [5, 5.41) is 10.0. The Hall–Kier alpha value is -0.370. The molecule has 4 aliphatic rings. The Morgan fingerprint density at radius 1 is 1.00 bits per heavy atom. The largest absolute Gasteiger partial charge is 0.393 e. The molecule has 2 heteroatoms. The van der Waals surface area contributed by atoms with Crippen LogP contribution in [0.4, 0.5) is 0 Å². The molecular weight excluding hydrogens is 260 g/mol. The third-order valence-corrected chi connectivity index (χ3v) is 8.35. The van der Waals surface area contributed by atoms with Crippen molar-refractivity contribution in [1.82, 2.24) is 0 Å². The second kappa shape index (κ2) is 4.57. The summed E-state index contributed by atoms with van der Waals surface area (Å²) in [5.74, 6) is 3.54. The van der Waals surface area contributed by atoms with E-state index in [0.717, 1.165) is 49.9 Å². The number of aliphatic hydroxyl groups is 1. The topological polar surface area (TPSA) is 37.3 Å². The fourth-order valence-electron chi connectivity index (χ4n) is 7.01. The predicted molar refractivity (Wildman–Crippen MR) is 82.7 cm³/mol. The lowest BCUT2D eigenvalue weighted by Gasteiger charge is -2.60. The molecule has 4 aliphatic carbocycles. The Morgan fingerprint density at radius 2 is 1.81 bits per heavy atom. The fraction of sp³-hybridized carbons (Fsp3) is 0.947.